The topological polar surface area (TPSA) is 127 Å². The Bertz CT molecular complexity index is 1970. The molecule has 9 heteroatoms. The highest BCUT2D eigenvalue weighted by Crippen LogP contribution is 2.55. The summed E-state index contributed by atoms with van der Waals surface area (Å²) in [6, 6.07) is 15.7. The summed E-state index contributed by atoms with van der Waals surface area (Å²) in [5, 5.41) is 0. The van der Waals surface area contributed by atoms with Gasteiger partial charge in [0.15, 0.2) is 5.79 Å². The van der Waals surface area contributed by atoms with Gasteiger partial charge in [0, 0.05) is 84.8 Å². The molecule has 0 radical (unpaired) electrons. The third-order valence-corrected chi connectivity index (χ3v) is 12.7. The molecule has 4 aromatic heterocycles. The van der Waals surface area contributed by atoms with Crippen LogP contribution in [0.1, 0.15) is 97.8 Å². The number of carbonyl (C=O) groups is 1. The van der Waals surface area contributed by atoms with Gasteiger partial charge in [-0.1, -0.05) is 12.1 Å². The number of ether oxygens (including phenoxy) is 2. The molecule has 2 N–H and O–H groups in total. The van der Waals surface area contributed by atoms with E-state index in [2.05, 4.69) is 38.1 Å². The molecule has 4 atom stereocenters. The Morgan fingerprint density at radius 2 is 1.25 bits per heavy atom. The van der Waals surface area contributed by atoms with E-state index >= 15 is 0 Å². The van der Waals surface area contributed by atoms with Crippen LogP contribution in [0.5, 0.6) is 0 Å². The normalized spacial score (nSPS) is 27.8. The Morgan fingerprint density at radius 1 is 0.686 bits per heavy atom. The van der Waals surface area contributed by atoms with Gasteiger partial charge < -0.3 is 19.4 Å². The molecule has 5 aliphatic rings. The van der Waals surface area contributed by atoms with Crippen LogP contribution in [-0.4, -0.2) is 44.7 Å². The first-order valence-electron chi connectivity index (χ1n) is 18.9. The maximum Gasteiger partial charge on any atom is 0.248 e. The van der Waals surface area contributed by atoms with Crippen LogP contribution in [0, 0.1) is 11.8 Å². The number of aromatic nitrogens is 4. The zero-order valence-corrected chi connectivity index (χ0v) is 29.3. The van der Waals surface area contributed by atoms with Crippen LogP contribution in [0.3, 0.4) is 0 Å². The van der Waals surface area contributed by atoms with E-state index in [9.17, 15) is 14.4 Å². The smallest absolute Gasteiger partial charge is 0.248 e. The van der Waals surface area contributed by atoms with Crippen molar-refractivity contribution in [3.63, 3.8) is 0 Å². The number of pyridine rings is 4. The number of Topliss-reactive ketones (excluding diaryl/α,β-unsaturated/α-hetero) is 1. The second kappa shape index (κ2) is 14.1. The van der Waals surface area contributed by atoms with Crippen molar-refractivity contribution in [3.8, 4) is 0 Å². The summed E-state index contributed by atoms with van der Waals surface area (Å²) in [7, 11) is 0. The zero-order chi connectivity index (χ0) is 34.9. The minimum atomic E-state index is -0.398. The molecule has 51 heavy (non-hydrogen) atoms. The second-order valence-corrected chi connectivity index (χ2v) is 15.5. The Hall–Kier alpha value is -4.21. The van der Waals surface area contributed by atoms with Gasteiger partial charge >= 0.3 is 0 Å². The first-order chi connectivity index (χ1) is 24.9. The van der Waals surface area contributed by atoms with Crippen LogP contribution in [0.15, 0.2) is 82.9 Å². The summed E-state index contributed by atoms with van der Waals surface area (Å²) in [6.45, 7) is 1.40. The van der Waals surface area contributed by atoms with Crippen molar-refractivity contribution in [2.24, 2.45) is 11.8 Å². The van der Waals surface area contributed by atoms with Crippen LogP contribution in [0.25, 0.3) is 0 Å². The molecule has 5 heterocycles. The van der Waals surface area contributed by atoms with E-state index in [0.717, 1.165) is 94.0 Å². The first-order valence-corrected chi connectivity index (χ1v) is 18.9. The molecule has 1 spiro atoms. The fourth-order valence-corrected chi connectivity index (χ4v) is 10.4. The maximum absolute atomic E-state index is 12.1. The molecule has 0 bridgehead atoms. The van der Waals surface area contributed by atoms with Crippen LogP contribution in [-0.2, 0) is 50.8 Å². The first kappa shape index (κ1) is 33.9. The lowest BCUT2D eigenvalue weighted by Gasteiger charge is -2.49. The molecule has 0 unspecified atom stereocenters. The van der Waals surface area contributed by atoms with E-state index in [-0.39, 0.29) is 21.9 Å². The molecular formula is C42H48N4O5. The van der Waals surface area contributed by atoms with Crippen LogP contribution in [0.2, 0.25) is 0 Å². The summed E-state index contributed by atoms with van der Waals surface area (Å²) in [5.74, 6) is 0.779. The molecule has 9 nitrogen and oxygen atoms in total. The minimum Gasteiger partial charge on any atom is -0.348 e. The predicted octanol–water partition coefficient (Wildman–Crippen LogP) is 6.09. The average molecular weight is 689 g/mol. The van der Waals surface area contributed by atoms with E-state index in [0.29, 0.717) is 43.7 Å². The fourth-order valence-electron chi connectivity index (χ4n) is 10.4. The van der Waals surface area contributed by atoms with Gasteiger partial charge in [-0.3, -0.25) is 24.4 Å². The van der Waals surface area contributed by atoms with Gasteiger partial charge in [0.25, 0.3) is 0 Å². The average Bonchev–Trinajstić information content (AvgIpc) is 3.47. The molecule has 266 valence electrons. The van der Waals surface area contributed by atoms with Gasteiger partial charge in [0.05, 0.1) is 13.2 Å². The number of nitrogens with zero attached hydrogens (tertiary/aromatic N) is 2. The number of carbonyl (C=O) groups excluding carboxylic acids is 1. The third kappa shape index (κ3) is 6.66. The summed E-state index contributed by atoms with van der Waals surface area (Å²) >= 11 is 0. The summed E-state index contributed by atoms with van der Waals surface area (Å²) in [5.41, 5.74) is 6.95. The van der Waals surface area contributed by atoms with Gasteiger partial charge in [-0.25, -0.2) is 0 Å². The van der Waals surface area contributed by atoms with E-state index in [1.54, 1.807) is 6.07 Å². The van der Waals surface area contributed by atoms with Crippen molar-refractivity contribution in [3.05, 3.63) is 128 Å². The minimum absolute atomic E-state index is 0.00470. The van der Waals surface area contributed by atoms with Gasteiger partial charge in [-0.15, -0.1) is 0 Å². The Morgan fingerprint density at radius 3 is 1.82 bits per heavy atom. The van der Waals surface area contributed by atoms with Gasteiger partial charge in [-0.05, 0) is 123 Å². The van der Waals surface area contributed by atoms with Crippen molar-refractivity contribution in [1.29, 1.82) is 0 Å². The number of hydrogen-bond acceptors (Lipinski definition) is 7. The highest BCUT2D eigenvalue weighted by atomic mass is 16.7. The molecule has 4 aliphatic carbocycles. The van der Waals surface area contributed by atoms with Crippen molar-refractivity contribution < 1.29 is 14.3 Å². The molecule has 0 amide bonds. The molecule has 9 rings (SSSR count). The quantitative estimate of drug-likeness (QED) is 0.266. The Kier molecular flexibility index (Phi) is 9.36. The lowest BCUT2D eigenvalue weighted by atomic mass is 9.58. The zero-order valence-electron chi connectivity index (χ0n) is 29.3. The highest BCUT2D eigenvalue weighted by Gasteiger charge is 2.54. The van der Waals surface area contributed by atoms with E-state index < -0.39 is 5.79 Å². The standard InChI is InChI=1S/C22H26N2O3.C20H22N2O2/c25-20-12-16-4-3-5-17-13-22(26-10-11-27-22)8-7-21(17,19(16)15-24-20)14-18-6-1-2-9-23-18;23-17-7-8-20(12-16-6-1-2-9-21-16)15(11-17)5-3-4-14-10-19(24)22-13-18(14)20/h1-2,6,9,12,15,17H,3-5,7-8,10-11,13-14H2,(H,24,25);1-2,6,9-10,13,15H,3-5,7-8,11-12H2,(H,22,24)/t17-,21+;15-,20+/m11/s1. The van der Waals surface area contributed by atoms with Crippen LogP contribution >= 0.6 is 0 Å². The molecule has 4 aromatic rings. The summed E-state index contributed by atoms with van der Waals surface area (Å²) in [4.78, 5) is 50.9. The largest absolute Gasteiger partial charge is 0.348 e. The number of ketones is 1. The van der Waals surface area contributed by atoms with Gasteiger partial charge in [0.2, 0.25) is 11.1 Å². The van der Waals surface area contributed by atoms with E-state index in [1.807, 2.05) is 49.1 Å². The third-order valence-electron chi connectivity index (χ3n) is 12.7. The molecule has 0 aromatic carbocycles. The lowest BCUT2D eigenvalue weighted by Crippen LogP contribution is -2.49. The monoisotopic (exact) mass is 688 g/mol. The second-order valence-electron chi connectivity index (χ2n) is 15.5. The van der Waals surface area contributed by atoms with Gasteiger partial charge in [0.1, 0.15) is 5.78 Å². The lowest BCUT2D eigenvalue weighted by molar-refractivity contribution is -0.199. The number of aryl methyl sites for hydroxylation is 2. The SMILES string of the molecule is O=C1CC[C@@]2(Cc3ccccn3)c3c[nH]c(=O)cc3CCC[C@@H]2C1.O=c1cc2c(c[nH]1)[C@]1(Cc3ccccn3)CCC3(C[C@H]1CCC2)OCCO3. The molecule has 2 saturated carbocycles. The number of hydrogen-bond donors (Lipinski definition) is 2. The number of aromatic amines is 2. The molecular weight excluding hydrogens is 640 g/mol. The van der Waals surface area contributed by atoms with E-state index in [1.165, 1.54) is 16.7 Å². The number of H-pyrrole nitrogens is 2. The maximum atomic E-state index is 12.1. The Labute approximate surface area is 298 Å². The molecule has 1 saturated heterocycles. The van der Waals surface area contributed by atoms with Crippen LogP contribution < -0.4 is 11.1 Å². The summed E-state index contributed by atoms with van der Waals surface area (Å²) in [6.07, 6.45) is 20.5. The highest BCUT2D eigenvalue weighted by molar-refractivity contribution is 5.80. The number of fused-ring (bicyclic) bond motifs is 6. The van der Waals surface area contributed by atoms with E-state index in [4.69, 9.17) is 9.47 Å². The predicted molar refractivity (Wildman–Crippen MR) is 194 cm³/mol. The van der Waals surface area contributed by atoms with Crippen molar-refractivity contribution >= 4 is 5.78 Å². The van der Waals surface area contributed by atoms with Crippen molar-refractivity contribution in [1.82, 2.24) is 19.9 Å². The van der Waals surface area contributed by atoms with Gasteiger partial charge in [-0.2, -0.15) is 0 Å². The number of nitrogens with one attached hydrogen (secondary N) is 2. The Balaban J connectivity index is 0.000000148. The van der Waals surface area contributed by atoms with Crippen molar-refractivity contribution in [2.45, 2.75) is 107 Å². The molecule has 1 aliphatic heterocycles. The van der Waals surface area contributed by atoms with Crippen molar-refractivity contribution in [2.75, 3.05) is 13.2 Å². The fraction of sp³-hybridized carbons (Fsp3) is 0.500. The molecule has 3 fully saturated rings. The summed E-state index contributed by atoms with van der Waals surface area (Å²) < 4.78 is 12.2. The number of rotatable bonds is 4. The van der Waals surface area contributed by atoms with Crippen LogP contribution in [0.4, 0.5) is 0 Å².